The van der Waals surface area contributed by atoms with Crippen LogP contribution in [0.2, 0.25) is 0 Å². The molecule has 0 fully saturated rings. The molecule has 0 radical (unpaired) electrons. The summed E-state index contributed by atoms with van der Waals surface area (Å²) in [5.41, 5.74) is 3.08. The molecule has 1 aromatic rings. The Kier molecular flexibility index (Phi) is 5.56. The number of hydrogen-bond acceptors (Lipinski definition) is 3. The fourth-order valence-corrected chi connectivity index (χ4v) is 2.24. The van der Waals surface area contributed by atoms with Crippen molar-refractivity contribution in [1.82, 2.24) is 15.1 Å². The fraction of sp³-hybridized carbons (Fsp3) is 0.800. The zero-order chi connectivity index (χ0) is 14.6. The van der Waals surface area contributed by atoms with Crippen LogP contribution in [0.25, 0.3) is 0 Å². The summed E-state index contributed by atoms with van der Waals surface area (Å²) in [6.07, 6.45) is 1.94. The summed E-state index contributed by atoms with van der Waals surface area (Å²) in [6.45, 7) is 11.6. The van der Waals surface area contributed by atoms with Crippen molar-refractivity contribution in [3.05, 3.63) is 17.0 Å². The Morgan fingerprint density at radius 2 is 1.95 bits per heavy atom. The number of nitrogens with zero attached hydrogens (tertiary/aromatic N) is 2. The summed E-state index contributed by atoms with van der Waals surface area (Å²) in [4.78, 5) is 0. The second-order valence-electron chi connectivity index (χ2n) is 5.82. The second kappa shape index (κ2) is 6.53. The quantitative estimate of drug-likeness (QED) is 0.795. The van der Waals surface area contributed by atoms with Crippen molar-refractivity contribution < 1.29 is 5.11 Å². The van der Waals surface area contributed by atoms with E-state index in [9.17, 15) is 5.11 Å². The first-order chi connectivity index (χ1) is 8.83. The predicted molar refractivity (Wildman–Crippen MR) is 79.1 cm³/mol. The fourth-order valence-electron chi connectivity index (χ4n) is 2.24. The minimum Gasteiger partial charge on any atom is -0.389 e. The Hall–Kier alpha value is -0.870. The van der Waals surface area contributed by atoms with Crippen molar-refractivity contribution in [2.24, 2.45) is 13.0 Å². The summed E-state index contributed by atoms with van der Waals surface area (Å²) in [6, 6.07) is 0. The number of rotatable bonds is 7. The largest absolute Gasteiger partial charge is 0.389 e. The lowest BCUT2D eigenvalue weighted by atomic mass is 9.92. The van der Waals surface area contributed by atoms with Gasteiger partial charge in [-0.1, -0.05) is 27.7 Å². The van der Waals surface area contributed by atoms with Gasteiger partial charge in [0.1, 0.15) is 0 Å². The second-order valence-corrected chi connectivity index (χ2v) is 5.82. The molecule has 1 aromatic heterocycles. The molecule has 0 amide bonds. The first-order valence-corrected chi connectivity index (χ1v) is 7.30. The number of aromatic nitrogens is 2. The average molecular weight is 267 g/mol. The Morgan fingerprint density at radius 3 is 2.42 bits per heavy atom. The predicted octanol–water partition coefficient (Wildman–Crippen LogP) is 2.04. The van der Waals surface area contributed by atoms with Crippen LogP contribution in [0, 0.1) is 5.92 Å². The molecule has 0 bridgehead atoms. The standard InChI is InChI=1S/C15H29N3O/c1-7-13-12(14(8-2)18(6)17-13)9-16-10-15(5,19)11(3)4/h11,16,19H,7-10H2,1-6H3. The van der Waals surface area contributed by atoms with Crippen molar-refractivity contribution in [3.8, 4) is 0 Å². The van der Waals surface area contributed by atoms with Crippen LogP contribution in [0.3, 0.4) is 0 Å². The lowest BCUT2D eigenvalue weighted by Gasteiger charge is -2.28. The van der Waals surface area contributed by atoms with Crippen LogP contribution in [-0.4, -0.2) is 27.0 Å². The van der Waals surface area contributed by atoms with Crippen LogP contribution in [0.5, 0.6) is 0 Å². The Labute approximate surface area is 117 Å². The molecular weight excluding hydrogens is 238 g/mol. The lowest BCUT2D eigenvalue weighted by molar-refractivity contribution is 0.0139. The molecule has 2 N–H and O–H groups in total. The maximum atomic E-state index is 10.2. The molecule has 0 aliphatic carbocycles. The Bertz CT molecular complexity index is 408. The number of aliphatic hydroxyl groups is 1. The maximum absolute atomic E-state index is 10.2. The van der Waals surface area contributed by atoms with Gasteiger partial charge in [-0.05, 0) is 25.7 Å². The monoisotopic (exact) mass is 267 g/mol. The van der Waals surface area contributed by atoms with Crippen LogP contribution in [-0.2, 0) is 26.4 Å². The van der Waals surface area contributed by atoms with Crippen LogP contribution >= 0.6 is 0 Å². The third-order valence-corrected chi connectivity index (χ3v) is 4.06. The highest BCUT2D eigenvalue weighted by Crippen LogP contribution is 2.17. The number of hydrogen-bond donors (Lipinski definition) is 2. The summed E-state index contributed by atoms with van der Waals surface area (Å²) in [7, 11) is 2.01. The Balaban J connectivity index is 2.72. The topological polar surface area (TPSA) is 50.1 Å². The SMILES string of the molecule is CCc1nn(C)c(CC)c1CNCC(C)(O)C(C)C. The molecule has 4 heteroatoms. The van der Waals surface area contributed by atoms with Crippen molar-refractivity contribution in [2.75, 3.05) is 6.54 Å². The minimum absolute atomic E-state index is 0.241. The summed E-state index contributed by atoms with van der Waals surface area (Å²) >= 11 is 0. The van der Waals surface area contributed by atoms with E-state index < -0.39 is 5.60 Å². The van der Waals surface area contributed by atoms with E-state index in [1.165, 1.54) is 11.3 Å². The van der Waals surface area contributed by atoms with Gasteiger partial charge in [0, 0.05) is 31.4 Å². The summed E-state index contributed by atoms with van der Waals surface area (Å²) in [5.74, 6) is 0.241. The molecule has 0 saturated heterocycles. The molecule has 1 heterocycles. The van der Waals surface area contributed by atoms with Gasteiger partial charge in [-0.3, -0.25) is 4.68 Å². The number of nitrogens with one attached hydrogen (secondary N) is 1. The molecule has 0 aromatic carbocycles. The van der Waals surface area contributed by atoms with E-state index in [1.54, 1.807) is 0 Å². The van der Waals surface area contributed by atoms with Gasteiger partial charge >= 0.3 is 0 Å². The highest BCUT2D eigenvalue weighted by molar-refractivity contribution is 5.26. The lowest BCUT2D eigenvalue weighted by Crippen LogP contribution is -2.42. The molecule has 0 aliphatic heterocycles. The molecule has 0 aliphatic rings. The first-order valence-electron chi connectivity index (χ1n) is 7.30. The molecule has 0 saturated carbocycles. The van der Waals surface area contributed by atoms with Crippen molar-refractivity contribution >= 4 is 0 Å². The molecule has 1 rings (SSSR count). The smallest absolute Gasteiger partial charge is 0.0766 e. The van der Waals surface area contributed by atoms with Gasteiger partial charge in [-0.15, -0.1) is 0 Å². The van der Waals surface area contributed by atoms with Crippen molar-refractivity contribution in [1.29, 1.82) is 0 Å². The van der Waals surface area contributed by atoms with Crippen molar-refractivity contribution in [2.45, 2.75) is 59.6 Å². The van der Waals surface area contributed by atoms with Crippen molar-refractivity contribution in [3.63, 3.8) is 0 Å². The van der Waals surface area contributed by atoms with E-state index in [0.717, 1.165) is 25.1 Å². The van der Waals surface area contributed by atoms with Gasteiger partial charge in [0.2, 0.25) is 0 Å². The zero-order valence-corrected chi connectivity index (χ0v) is 13.2. The van der Waals surface area contributed by atoms with E-state index in [4.69, 9.17) is 0 Å². The van der Waals surface area contributed by atoms with E-state index in [2.05, 4.69) is 24.3 Å². The first kappa shape index (κ1) is 16.2. The van der Waals surface area contributed by atoms with Gasteiger partial charge in [0.05, 0.1) is 11.3 Å². The summed E-state index contributed by atoms with van der Waals surface area (Å²) < 4.78 is 1.98. The van der Waals surface area contributed by atoms with Gasteiger partial charge in [0.25, 0.3) is 0 Å². The third kappa shape index (κ3) is 3.80. The molecule has 1 unspecified atom stereocenters. The molecule has 4 nitrogen and oxygen atoms in total. The van der Waals surface area contributed by atoms with Crippen LogP contribution in [0.15, 0.2) is 0 Å². The highest BCUT2D eigenvalue weighted by Gasteiger charge is 2.24. The third-order valence-electron chi connectivity index (χ3n) is 4.06. The minimum atomic E-state index is -0.666. The highest BCUT2D eigenvalue weighted by atomic mass is 16.3. The molecule has 1 atom stereocenters. The van der Waals surface area contributed by atoms with Gasteiger partial charge < -0.3 is 10.4 Å². The zero-order valence-electron chi connectivity index (χ0n) is 13.2. The van der Waals surface area contributed by atoms with E-state index in [-0.39, 0.29) is 5.92 Å². The van der Waals surface area contributed by atoms with E-state index in [0.29, 0.717) is 6.54 Å². The Morgan fingerprint density at radius 1 is 1.32 bits per heavy atom. The average Bonchev–Trinajstić information content (AvgIpc) is 2.64. The van der Waals surface area contributed by atoms with Gasteiger partial charge in [-0.2, -0.15) is 5.10 Å². The molecule has 0 spiro atoms. The molecule has 110 valence electrons. The van der Waals surface area contributed by atoms with Crippen LogP contribution < -0.4 is 5.32 Å². The molecule has 19 heavy (non-hydrogen) atoms. The van der Waals surface area contributed by atoms with Gasteiger partial charge in [-0.25, -0.2) is 0 Å². The molecular formula is C15H29N3O. The van der Waals surface area contributed by atoms with E-state index in [1.807, 2.05) is 32.5 Å². The number of aryl methyl sites for hydroxylation is 2. The van der Waals surface area contributed by atoms with Crippen LogP contribution in [0.4, 0.5) is 0 Å². The van der Waals surface area contributed by atoms with E-state index >= 15 is 0 Å². The van der Waals surface area contributed by atoms with Crippen LogP contribution in [0.1, 0.15) is 51.6 Å². The maximum Gasteiger partial charge on any atom is 0.0766 e. The normalized spacial score (nSPS) is 14.9. The summed E-state index contributed by atoms with van der Waals surface area (Å²) in [5, 5.41) is 18.2. The van der Waals surface area contributed by atoms with Gasteiger partial charge in [0.15, 0.2) is 0 Å².